The molecule has 4 aromatic heterocycles. The van der Waals surface area contributed by atoms with E-state index in [1.54, 1.807) is 87.7 Å². The van der Waals surface area contributed by atoms with E-state index in [9.17, 15) is 18.9 Å². The Labute approximate surface area is 310 Å². The van der Waals surface area contributed by atoms with Gasteiger partial charge < -0.3 is 14.8 Å². The summed E-state index contributed by atoms with van der Waals surface area (Å²) in [5.41, 5.74) is 7.91. The normalized spacial score (nSPS) is 13.5. The van der Waals surface area contributed by atoms with E-state index in [-0.39, 0.29) is 11.9 Å². The van der Waals surface area contributed by atoms with Crippen molar-refractivity contribution in [1.82, 2.24) is 29.5 Å². The number of halogens is 3. The molecule has 0 radical (unpaired) electrons. The maximum Gasteiger partial charge on any atom is 0.491 e. The molecule has 53 heavy (non-hydrogen) atoms. The van der Waals surface area contributed by atoms with E-state index in [0.29, 0.717) is 40.3 Å². The lowest BCUT2D eigenvalue weighted by atomic mass is 9.79. The van der Waals surface area contributed by atoms with Crippen LogP contribution in [0, 0.1) is 34.3 Å². The molecule has 268 valence electrons. The number of fused-ring (bicyclic) bond motifs is 1. The number of pyridine rings is 2. The Balaban J connectivity index is 0.000000165. The monoisotopic (exact) mass is 734 g/mol. The topological polar surface area (TPSA) is 159 Å². The van der Waals surface area contributed by atoms with Gasteiger partial charge in [0.15, 0.2) is 0 Å². The van der Waals surface area contributed by atoms with Gasteiger partial charge in [-0.2, -0.15) is 20.7 Å². The van der Waals surface area contributed by atoms with E-state index in [2.05, 4.69) is 32.3 Å². The van der Waals surface area contributed by atoms with Crippen LogP contribution in [-0.4, -0.2) is 46.8 Å². The predicted molar refractivity (Wildman–Crippen MR) is 194 cm³/mol. The molecule has 0 saturated carbocycles. The molecule has 2 atom stereocenters. The van der Waals surface area contributed by atoms with Crippen LogP contribution in [0.5, 0.6) is 0 Å². The number of hydrogen-bond acceptors (Lipinski definition) is 9. The first-order valence-corrected chi connectivity index (χ1v) is 16.7. The highest BCUT2D eigenvalue weighted by molar-refractivity contribution is 6.61. The minimum atomic E-state index is -0.893. The number of hydrogen-bond donors (Lipinski definition) is 2. The van der Waals surface area contributed by atoms with Gasteiger partial charge in [-0.15, -0.1) is 0 Å². The molecular weight excluding hydrogens is 701 g/mol. The van der Waals surface area contributed by atoms with Gasteiger partial charge in [0.05, 0.1) is 23.6 Å². The van der Waals surface area contributed by atoms with E-state index in [1.807, 2.05) is 6.07 Å². The van der Waals surface area contributed by atoms with Crippen molar-refractivity contribution < 1.29 is 23.6 Å². The molecule has 2 unspecified atom stereocenters. The van der Waals surface area contributed by atoms with Gasteiger partial charge in [0.1, 0.15) is 35.2 Å². The Hall–Kier alpha value is -5.77. The van der Waals surface area contributed by atoms with Gasteiger partial charge in [-0.1, -0.05) is 23.7 Å². The lowest BCUT2D eigenvalue weighted by Gasteiger charge is -2.15. The van der Waals surface area contributed by atoms with Gasteiger partial charge in [0.25, 0.3) is 0 Å². The highest BCUT2D eigenvalue weighted by Crippen LogP contribution is 2.32. The number of aromatic nitrogens is 6. The van der Waals surface area contributed by atoms with Gasteiger partial charge in [-0.05, 0) is 101 Å². The summed E-state index contributed by atoms with van der Waals surface area (Å²) in [4.78, 5) is 8.18. The van der Waals surface area contributed by atoms with Crippen LogP contribution in [0.4, 0.5) is 8.78 Å². The fourth-order valence-corrected chi connectivity index (χ4v) is 5.96. The third-order valence-corrected chi connectivity index (χ3v) is 8.79. The zero-order valence-corrected chi connectivity index (χ0v) is 30.0. The fraction of sp³-hybridized carbons (Fsp3) is 0.211. The maximum atomic E-state index is 13.6. The summed E-state index contributed by atoms with van der Waals surface area (Å²) < 4.78 is 34.5. The first-order valence-electron chi connectivity index (χ1n) is 16.4. The van der Waals surface area contributed by atoms with Crippen molar-refractivity contribution in [2.45, 2.75) is 38.9 Å². The number of nitriles is 2. The van der Waals surface area contributed by atoms with E-state index in [4.69, 9.17) is 26.8 Å². The number of aryl methyl sites for hydroxylation is 2. The quantitative estimate of drug-likeness (QED) is 0.206. The van der Waals surface area contributed by atoms with E-state index in [0.717, 1.165) is 39.2 Å². The molecular formula is C38H34BClF2N8O3. The highest BCUT2D eigenvalue weighted by Gasteiger charge is 2.32. The molecule has 2 N–H and O–H groups in total. The zero-order chi connectivity index (χ0) is 38.2. The van der Waals surface area contributed by atoms with Gasteiger partial charge in [0.2, 0.25) is 0 Å². The van der Waals surface area contributed by atoms with Crippen LogP contribution < -0.4 is 5.46 Å². The minimum Gasteiger partial charge on any atom is -0.423 e. The average Bonchev–Trinajstić information content (AvgIpc) is 3.78. The van der Waals surface area contributed by atoms with Crippen molar-refractivity contribution in [2.75, 3.05) is 0 Å². The summed E-state index contributed by atoms with van der Waals surface area (Å²) in [5, 5.41) is 46.4. The van der Waals surface area contributed by atoms with Crippen LogP contribution in [-0.2, 0) is 31.6 Å². The number of aliphatic hydroxyl groups excluding tert-OH is 1. The molecule has 0 amide bonds. The predicted octanol–water partition coefficient (Wildman–Crippen LogP) is 5.67. The molecule has 0 bridgehead atoms. The summed E-state index contributed by atoms with van der Waals surface area (Å²) in [7, 11) is 2.57. The average molecular weight is 735 g/mol. The molecule has 5 heterocycles. The molecule has 11 nitrogen and oxygen atoms in total. The van der Waals surface area contributed by atoms with Crippen molar-refractivity contribution in [3.63, 3.8) is 0 Å². The van der Waals surface area contributed by atoms with Crippen molar-refractivity contribution in [2.24, 2.45) is 14.1 Å². The number of aliphatic hydroxyl groups is 1. The summed E-state index contributed by atoms with van der Waals surface area (Å²) >= 11 is 6.02. The maximum absolute atomic E-state index is 13.6. The second kappa shape index (κ2) is 17.2. The lowest BCUT2D eigenvalue weighted by molar-refractivity contribution is 0.199. The van der Waals surface area contributed by atoms with Gasteiger partial charge in [0, 0.05) is 56.7 Å². The van der Waals surface area contributed by atoms with Crippen molar-refractivity contribution in [3.05, 3.63) is 147 Å². The van der Waals surface area contributed by atoms with E-state index >= 15 is 0 Å². The van der Waals surface area contributed by atoms with Crippen molar-refractivity contribution >= 4 is 24.2 Å². The molecule has 0 aliphatic carbocycles. The first kappa shape index (κ1) is 38.5. The third-order valence-electron chi connectivity index (χ3n) is 8.42. The van der Waals surface area contributed by atoms with Crippen LogP contribution in [0.2, 0.25) is 5.02 Å². The van der Waals surface area contributed by atoms with Gasteiger partial charge in [-0.3, -0.25) is 19.3 Å². The van der Waals surface area contributed by atoms with Crippen LogP contribution in [0.15, 0.2) is 85.5 Å². The number of benzene rings is 2. The Kier molecular flexibility index (Phi) is 12.5. The Morgan fingerprint density at radius 2 is 1.42 bits per heavy atom. The molecule has 0 fully saturated rings. The molecule has 2 aromatic carbocycles. The van der Waals surface area contributed by atoms with E-state index in [1.165, 1.54) is 28.9 Å². The van der Waals surface area contributed by atoms with Crippen LogP contribution in [0.3, 0.4) is 0 Å². The molecule has 0 spiro atoms. The zero-order valence-electron chi connectivity index (χ0n) is 29.2. The summed E-state index contributed by atoms with van der Waals surface area (Å²) in [5.74, 6) is -0.683. The van der Waals surface area contributed by atoms with Crippen LogP contribution in [0.1, 0.15) is 71.1 Å². The lowest BCUT2D eigenvalue weighted by Crippen LogP contribution is -2.27. The van der Waals surface area contributed by atoms with Crippen molar-refractivity contribution in [1.29, 1.82) is 10.5 Å². The smallest absolute Gasteiger partial charge is 0.423 e. The highest BCUT2D eigenvalue weighted by atomic mass is 35.5. The van der Waals surface area contributed by atoms with Gasteiger partial charge in [-0.25, -0.2) is 8.78 Å². The standard InChI is InChI=1S/C19H17FN4O.C11H9ClN4.C8H8BFO2/c1-12(25)19-8-14(20)3-4-18(19)17-5-6-22-11-13(17)7-15-9-16(10-21)24(2)23-15;1-16-10(6-13)5-9(15-16)4-8-7-14-3-2-11(8)12;1-5-7-4-6(10)2-3-8(7)9(11)12-5/h3-6,8-9,11-12,25H,7H2,1-2H3;2-3,5,7H,4H2,1H3;2-5,11H,1H3. The Bertz CT molecular complexity index is 2320. The van der Waals surface area contributed by atoms with E-state index < -0.39 is 19.0 Å². The van der Waals surface area contributed by atoms with Crippen LogP contribution in [0.25, 0.3) is 11.1 Å². The SMILES string of the molecule is CC(O)c1cc(F)ccc1-c1ccncc1Cc1cc(C#N)n(C)n1.CC1OB(O)c2ccc(F)cc21.Cn1nc(Cc2cnccc2Cl)cc1C#N. The van der Waals surface area contributed by atoms with Crippen molar-refractivity contribution in [3.8, 4) is 23.3 Å². The second-order valence-electron chi connectivity index (χ2n) is 12.2. The molecule has 15 heteroatoms. The number of nitrogens with zero attached hydrogens (tertiary/aromatic N) is 8. The molecule has 7 rings (SSSR count). The summed E-state index contributed by atoms with van der Waals surface area (Å²) in [6, 6.07) is 19.9. The molecule has 1 aliphatic heterocycles. The fourth-order valence-electron chi connectivity index (χ4n) is 5.78. The Morgan fingerprint density at radius 3 is 2.00 bits per heavy atom. The number of rotatable bonds is 6. The summed E-state index contributed by atoms with van der Waals surface area (Å²) in [6.45, 7) is 3.39. The Morgan fingerprint density at radius 1 is 0.849 bits per heavy atom. The van der Waals surface area contributed by atoms with Crippen LogP contribution >= 0.6 is 11.6 Å². The molecule has 6 aromatic rings. The first-order chi connectivity index (χ1) is 25.4. The summed E-state index contributed by atoms with van der Waals surface area (Å²) in [6.07, 6.45) is 6.79. The van der Waals surface area contributed by atoms with Gasteiger partial charge >= 0.3 is 7.12 Å². The molecule has 0 saturated heterocycles. The second-order valence-corrected chi connectivity index (χ2v) is 12.6. The third kappa shape index (κ3) is 9.37. The minimum absolute atomic E-state index is 0.217. The largest absolute Gasteiger partial charge is 0.491 e. The molecule has 1 aliphatic rings.